The third kappa shape index (κ3) is 3.37. The molecule has 0 unspecified atom stereocenters. The summed E-state index contributed by atoms with van der Waals surface area (Å²) >= 11 is 0. The molecule has 6 heteroatoms. The second-order valence-corrected chi connectivity index (χ2v) is 7.06. The van der Waals surface area contributed by atoms with Gasteiger partial charge in [0.2, 0.25) is 0 Å². The molecule has 2 N–H and O–H groups in total. The average Bonchev–Trinajstić information content (AvgIpc) is 3.04. The first-order valence-corrected chi connectivity index (χ1v) is 9.10. The smallest absolute Gasteiger partial charge is 0.157 e. The van der Waals surface area contributed by atoms with Gasteiger partial charge in [0.1, 0.15) is 11.6 Å². The van der Waals surface area contributed by atoms with E-state index in [0.717, 1.165) is 55.3 Å². The maximum atomic E-state index is 6.17. The van der Waals surface area contributed by atoms with Crippen LogP contribution in [-0.4, -0.2) is 39.7 Å². The van der Waals surface area contributed by atoms with Gasteiger partial charge in [0.15, 0.2) is 5.65 Å². The normalized spacial score (nSPS) is 16.2. The number of ether oxygens (including phenoxy) is 1. The molecule has 3 heterocycles. The molecule has 0 saturated carbocycles. The molecular weight excluding hydrogens is 326 g/mol. The standard InChI is InChI=1S/C20H25N5O/c1-14-11-20-22-18(12-19(21)25(20)23-14)16-7-9-24(10-8-16)13-15-3-5-17(26-2)6-4-15/h3-6,11-12,16H,7-10,13,21H2,1-2H3. The van der Waals surface area contributed by atoms with Crippen molar-refractivity contribution in [3.8, 4) is 5.75 Å². The van der Waals surface area contributed by atoms with Crippen LogP contribution in [0.5, 0.6) is 5.75 Å². The lowest BCUT2D eigenvalue weighted by molar-refractivity contribution is 0.203. The number of aryl methyl sites for hydroxylation is 1. The molecule has 0 bridgehead atoms. The fourth-order valence-electron chi connectivity index (χ4n) is 3.72. The Hall–Kier alpha value is -2.60. The van der Waals surface area contributed by atoms with E-state index in [2.05, 4.69) is 22.1 Å². The van der Waals surface area contributed by atoms with Gasteiger partial charge in [-0.15, -0.1) is 0 Å². The molecule has 1 aliphatic heterocycles. The van der Waals surface area contributed by atoms with Crippen molar-refractivity contribution in [3.63, 3.8) is 0 Å². The third-order valence-corrected chi connectivity index (χ3v) is 5.17. The van der Waals surface area contributed by atoms with Gasteiger partial charge in [-0.1, -0.05) is 12.1 Å². The summed E-state index contributed by atoms with van der Waals surface area (Å²) in [5.41, 5.74) is 10.4. The molecule has 2 aromatic heterocycles. The summed E-state index contributed by atoms with van der Waals surface area (Å²) in [6.45, 7) is 5.09. The van der Waals surface area contributed by atoms with E-state index in [1.165, 1.54) is 5.56 Å². The van der Waals surface area contributed by atoms with Crippen molar-refractivity contribution in [2.45, 2.75) is 32.2 Å². The number of hydrogen-bond donors (Lipinski definition) is 1. The Morgan fingerprint density at radius 1 is 1.15 bits per heavy atom. The average molecular weight is 351 g/mol. The van der Waals surface area contributed by atoms with Crippen LogP contribution in [0.3, 0.4) is 0 Å². The molecule has 1 saturated heterocycles. The molecule has 1 aliphatic rings. The number of fused-ring (bicyclic) bond motifs is 1. The molecule has 6 nitrogen and oxygen atoms in total. The number of nitrogen functional groups attached to an aromatic ring is 1. The maximum Gasteiger partial charge on any atom is 0.157 e. The first-order valence-electron chi connectivity index (χ1n) is 9.10. The van der Waals surface area contributed by atoms with Crippen molar-refractivity contribution in [3.05, 3.63) is 53.3 Å². The van der Waals surface area contributed by atoms with Crippen LogP contribution in [0, 0.1) is 6.92 Å². The summed E-state index contributed by atoms with van der Waals surface area (Å²) in [6, 6.07) is 12.3. The highest BCUT2D eigenvalue weighted by atomic mass is 16.5. The Balaban J connectivity index is 1.41. The highest BCUT2D eigenvalue weighted by Gasteiger charge is 2.22. The molecule has 26 heavy (non-hydrogen) atoms. The van der Waals surface area contributed by atoms with Crippen LogP contribution in [0.2, 0.25) is 0 Å². The van der Waals surface area contributed by atoms with Crippen molar-refractivity contribution in [1.29, 1.82) is 0 Å². The molecule has 136 valence electrons. The number of nitrogens with zero attached hydrogens (tertiary/aromatic N) is 4. The van der Waals surface area contributed by atoms with Crippen LogP contribution in [-0.2, 0) is 6.54 Å². The van der Waals surface area contributed by atoms with Gasteiger partial charge >= 0.3 is 0 Å². The van der Waals surface area contributed by atoms with E-state index in [4.69, 9.17) is 15.5 Å². The SMILES string of the molecule is COc1ccc(CN2CCC(c3cc(N)n4nc(C)cc4n3)CC2)cc1. The molecule has 4 rings (SSSR count). The lowest BCUT2D eigenvalue weighted by Gasteiger charge is -2.31. The van der Waals surface area contributed by atoms with Crippen LogP contribution in [0.4, 0.5) is 5.82 Å². The Kier molecular flexibility index (Phi) is 4.51. The zero-order chi connectivity index (χ0) is 18.1. The third-order valence-electron chi connectivity index (χ3n) is 5.17. The largest absolute Gasteiger partial charge is 0.497 e. The van der Waals surface area contributed by atoms with Crippen molar-refractivity contribution < 1.29 is 4.74 Å². The monoisotopic (exact) mass is 351 g/mol. The van der Waals surface area contributed by atoms with E-state index in [-0.39, 0.29) is 0 Å². The highest BCUT2D eigenvalue weighted by molar-refractivity contribution is 5.48. The summed E-state index contributed by atoms with van der Waals surface area (Å²) < 4.78 is 6.95. The Labute approximate surface area is 153 Å². The highest BCUT2D eigenvalue weighted by Crippen LogP contribution is 2.29. The Bertz CT molecular complexity index is 894. The number of benzene rings is 1. The summed E-state index contributed by atoms with van der Waals surface area (Å²) in [7, 11) is 1.70. The number of anilines is 1. The summed E-state index contributed by atoms with van der Waals surface area (Å²) in [6.07, 6.45) is 2.21. The minimum atomic E-state index is 0.463. The molecular formula is C20H25N5O. The fraction of sp³-hybridized carbons (Fsp3) is 0.400. The molecule has 1 fully saturated rings. The first kappa shape index (κ1) is 16.8. The van der Waals surface area contributed by atoms with Crippen molar-refractivity contribution >= 4 is 11.5 Å². The number of methoxy groups -OCH3 is 1. The second kappa shape index (κ2) is 6.96. The van der Waals surface area contributed by atoms with Gasteiger partial charge < -0.3 is 10.5 Å². The molecule has 3 aromatic rings. The van der Waals surface area contributed by atoms with Crippen molar-refractivity contribution in [1.82, 2.24) is 19.5 Å². The van der Waals surface area contributed by atoms with E-state index in [1.54, 1.807) is 11.6 Å². The van der Waals surface area contributed by atoms with Gasteiger partial charge in [0.05, 0.1) is 12.8 Å². The fourth-order valence-corrected chi connectivity index (χ4v) is 3.72. The molecule has 1 aromatic carbocycles. The minimum Gasteiger partial charge on any atom is -0.497 e. The zero-order valence-corrected chi connectivity index (χ0v) is 15.4. The van der Waals surface area contributed by atoms with Crippen LogP contribution >= 0.6 is 0 Å². The number of hydrogen-bond acceptors (Lipinski definition) is 5. The first-order chi connectivity index (χ1) is 12.6. The predicted molar refractivity (Wildman–Crippen MR) is 102 cm³/mol. The molecule has 0 amide bonds. The molecule has 0 aliphatic carbocycles. The van der Waals surface area contributed by atoms with Crippen LogP contribution in [0.1, 0.15) is 35.7 Å². The Morgan fingerprint density at radius 2 is 1.88 bits per heavy atom. The molecule has 0 spiro atoms. The quantitative estimate of drug-likeness (QED) is 0.782. The maximum absolute atomic E-state index is 6.17. The van der Waals surface area contributed by atoms with Gasteiger partial charge in [0, 0.05) is 30.3 Å². The van der Waals surface area contributed by atoms with Gasteiger partial charge in [-0.05, 0) is 50.6 Å². The zero-order valence-electron chi connectivity index (χ0n) is 15.4. The van der Waals surface area contributed by atoms with Gasteiger partial charge in [-0.25, -0.2) is 4.98 Å². The number of likely N-dealkylation sites (tertiary alicyclic amines) is 1. The number of nitrogens with two attached hydrogens (primary N) is 1. The van der Waals surface area contributed by atoms with Crippen molar-refractivity contribution in [2.75, 3.05) is 25.9 Å². The lowest BCUT2D eigenvalue weighted by Crippen LogP contribution is -2.32. The van der Waals surface area contributed by atoms with E-state index < -0.39 is 0 Å². The molecule has 0 atom stereocenters. The minimum absolute atomic E-state index is 0.463. The van der Waals surface area contributed by atoms with E-state index in [1.807, 2.05) is 31.2 Å². The number of rotatable bonds is 4. The van der Waals surface area contributed by atoms with Gasteiger partial charge in [-0.2, -0.15) is 9.61 Å². The Morgan fingerprint density at radius 3 is 2.58 bits per heavy atom. The summed E-state index contributed by atoms with van der Waals surface area (Å²) in [5.74, 6) is 2.03. The van der Waals surface area contributed by atoms with Crippen LogP contribution in [0.15, 0.2) is 36.4 Å². The van der Waals surface area contributed by atoms with E-state index in [0.29, 0.717) is 11.7 Å². The van der Waals surface area contributed by atoms with Gasteiger partial charge in [0.25, 0.3) is 0 Å². The molecule has 0 radical (unpaired) electrons. The second-order valence-electron chi connectivity index (χ2n) is 7.06. The van der Waals surface area contributed by atoms with E-state index >= 15 is 0 Å². The predicted octanol–water partition coefficient (Wildman–Crippen LogP) is 3.01. The van der Waals surface area contributed by atoms with Gasteiger partial charge in [-0.3, -0.25) is 4.90 Å². The lowest BCUT2D eigenvalue weighted by atomic mass is 9.93. The summed E-state index contributed by atoms with van der Waals surface area (Å²) in [5, 5.41) is 4.38. The van der Waals surface area contributed by atoms with E-state index in [9.17, 15) is 0 Å². The van der Waals surface area contributed by atoms with Crippen LogP contribution < -0.4 is 10.5 Å². The van der Waals surface area contributed by atoms with Crippen LogP contribution in [0.25, 0.3) is 5.65 Å². The number of aromatic nitrogens is 3. The topological polar surface area (TPSA) is 68.7 Å². The van der Waals surface area contributed by atoms with Crippen molar-refractivity contribution in [2.24, 2.45) is 0 Å². The summed E-state index contributed by atoms with van der Waals surface area (Å²) in [4.78, 5) is 7.30. The number of piperidine rings is 1.